The van der Waals surface area contributed by atoms with E-state index in [1.54, 1.807) is 20.9 Å². The smallest absolute Gasteiger partial charge is 0.490 e. The van der Waals surface area contributed by atoms with Gasteiger partial charge in [-0.1, -0.05) is 35.5 Å². The van der Waals surface area contributed by atoms with Crippen LogP contribution >= 0.6 is 11.3 Å². The van der Waals surface area contributed by atoms with Crippen molar-refractivity contribution in [2.45, 2.75) is 31.9 Å². The highest BCUT2D eigenvalue weighted by Crippen LogP contribution is 2.34. The molecule has 2 aromatic carbocycles. The number of hydrogen-bond acceptors (Lipinski definition) is 8. The molecule has 0 unspecified atom stereocenters. The van der Waals surface area contributed by atoms with Crippen LogP contribution in [0.1, 0.15) is 23.4 Å². The third-order valence-electron chi connectivity index (χ3n) is 6.51. The Morgan fingerprint density at radius 2 is 1.89 bits per heavy atom. The van der Waals surface area contributed by atoms with E-state index in [4.69, 9.17) is 25.4 Å². The standard InChI is InChI=1S/C27H31N7O2S.C2HF3O2/c28-12-4-7-21-18-34(32-31-21)23-10-11-24(25(17-23)36-16-15-33-14-13-29-27(33)35)26-30-22(19-37-26)9-8-20-5-2-1-3-6-20;3-2(4,5)1(6)7/h1-3,5-6,10-11,17-19H,4,7-9,12-16,28H2,(H,29,35);(H,6,7). The Labute approximate surface area is 255 Å². The molecular formula is C29H32F3N7O4S. The number of ether oxygens (including phenoxy) is 1. The van der Waals surface area contributed by atoms with Crippen molar-refractivity contribution in [1.82, 2.24) is 30.2 Å². The average Bonchev–Trinajstić information content (AvgIpc) is 3.77. The SMILES string of the molecule is NCCCc1cn(-c2ccc(-c3nc(CCc4ccccc4)cs3)c(OCCN3CCNC3=O)c2)nn1.O=C(O)C(F)(F)F. The molecule has 0 saturated carbocycles. The monoisotopic (exact) mass is 631 g/mol. The number of amides is 2. The molecule has 3 heterocycles. The van der Waals surface area contributed by atoms with E-state index in [1.807, 2.05) is 30.5 Å². The Balaban J connectivity index is 0.000000566. The van der Waals surface area contributed by atoms with Crippen molar-refractivity contribution in [2.75, 3.05) is 32.8 Å². The molecule has 234 valence electrons. The number of urea groups is 1. The summed E-state index contributed by atoms with van der Waals surface area (Å²) in [5.74, 6) is -2.05. The number of aryl methyl sites for hydroxylation is 3. The van der Waals surface area contributed by atoms with Crippen LogP contribution in [0.5, 0.6) is 5.75 Å². The molecular weight excluding hydrogens is 599 g/mol. The van der Waals surface area contributed by atoms with E-state index in [2.05, 4.69) is 45.3 Å². The highest BCUT2D eigenvalue weighted by Gasteiger charge is 2.38. The van der Waals surface area contributed by atoms with Crippen LogP contribution in [-0.2, 0) is 24.1 Å². The summed E-state index contributed by atoms with van der Waals surface area (Å²) in [6.07, 6.45) is 0.327. The molecule has 1 saturated heterocycles. The number of nitrogens with one attached hydrogen (secondary N) is 1. The van der Waals surface area contributed by atoms with Crippen molar-refractivity contribution in [1.29, 1.82) is 0 Å². The largest absolute Gasteiger partial charge is 0.491 e. The molecule has 0 spiro atoms. The van der Waals surface area contributed by atoms with Gasteiger partial charge in [0.1, 0.15) is 17.4 Å². The molecule has 2 amide bonds. The van der Waals surface area contributed by atoms with Crippen LogP contribution in [0.15, 0.2) is 60.1 Å². The van der Waals surface area contributed by atoms with Gasteiger partial charge in [0.2, 0.25) is 0 Å². The lowest BCUT2D eigenvalue weighted by atomic mass is 10.1. The Morgan fingerprint density at radius 3 is 2.57 bits per heavy atom. The zero-order chi connectivity index (χ0) is 31.5. The first-order valence-corrected chi connectivity index (χ1v) is 14.7. The quantitative estimate of drug-likeness (QED) is 0.212. The summed E-state index contributed by atoms with van der Waals surface area (Å²) in [5.41, 5.74) is 10.7. The van der Waals surface area contributed by atoms with Crippen LogP contribution in [0.2, 0.25) is 0 Å². The van der Waals surface area contributed by atoms with Crippen LogP contribution in [0.3, 0.4) is 0 Å². The molecule has 1 fully saturated rings. The molecule has 0 bridgehead atoms. The second-order valence-electron chi connectivity index (χ2n) is 9.73. The number of hydrogen-bond donors (Lipinski definition) is 3. The minimum atomic E-state index is -5.08. The van der Waals surface area contributed by atoms with Gasteiger partial charge in [0, 0.05) is 24.5 Å². The Kier molecular flexibility index (Phi) is 11.3. The topological polar surface area (TPSA) is 148 Å². The van der Waals surface area contributed by atoms with Gasteiger partial charge in [-0.05, 0) is 49.9 Å². The number of aliphatic carboxylic acids is 1. The van der Waals surface area contributed by atoms with E-state index in [1.165, 1.54) is 5.56 Å². The van der Waals surface area contributed by atoms with Crippen LogP contribution in [-0.4, -0.2) is 80.9 Å². The van der Waals surface area contributed by atoms with Gasteiger partial charge in [0.15, 0.2) is 0 Å². The number of carboxylic acid groups (broad SMARTS) is 1. The second kappa shape index (κ2) is 15.3. The van der Waals surface area contributed by atoms with Gasteiger partial charge in [-0.25, -0.2) is 19.3 Å². The van der Waals surface area contributed by atoms with Crippen molar-refractivity contribution in [3.05, 3.63) is 77.1 Å². The van der Waals surface area contributed by atoms with Crippen LogP contribution in [0.25, 0.3) is 16.3 Å². The summed E-state index contributed by atoms with van der Waals surface area (Å²) in [6, 6.07) is 16.4. The maximum absolute atomic E-state index is 11.9. The predicted octanol–water partition coefficient (Wildman–Crippen LogP) is 4.10. The number of carbonyl (C=O) groups excluding carboxylic acids is 1. The average molecular weight is 632 g/mol. The van der Waals surface area contributed by atoms with Crippen LogP contribution in [0.4, 0.5) is 18.0 Å². The summed E-state index contributed by atoms with van der Waals surface area (Å²) >= 11 is 1.61. The van der Waals surface area contributed by atoms with E-state index in [0.29, 0.717) is 38.5 Å². The highest BCUT2D eigenvalue weighted by atomic mass is 32.1. The molecule has 0 aliphatic carbocycles. The van der Waals surface area contributed by atoms with Gasteiger partial charge in [0.25, 0.3) is 0 Å². The fourth-order valence-corrected chi connectivity index (χ4v) is 5.11. The van der Waals surface area contributed by atoms with Crippen molar-refractivity contribution >= 4 is 23.3 Å². The first-order chi connectivity index (χ1) is 21.1. The van der Waals surface area contributed by atoms with Crippen molar-refractivity contribution in [2.24, 2.45) is 5.73 Å². The number of carbonyl (C=O) groups is 2. The molecule has 15 heteroatoms. The third kappa shape index (κ3) is 9.25. The van der Waals surface area contributed by atoms with Gasteiger partial charge in [-0.3, -0.25) is 0 Å². The number of rotatable bonds is 12. The van der Waals surface area contributed by atoms with E-state index in [0.717, 1.165) is 53.3 Å². The van der Waals surface area contributed by atoms with Gasteiger partial charge in [-0.15, -0.1) is 16.4 Å². The first kappa shape index (κ1) is 32.4. The lowest BCUT2D eigenvalue weighted by Gasteiger charge is -2.16. The molecule has 44 heavy (non-hydrogen) atoms. The number of nitrogens with zero attached hydrogens (tertiary/aromatic N) is 5. The summed E-state index contributed by atoms with van der Waals surface area (Å²) in [7, 11) is 0. The number of alkyl halides is 3. The third-order valence-corrected chi connectivity index (χ3v) is 7.43. The Bertz CT molecular complexity index is 1530. The van der Waals surface area contributed by atoms with Gasteiger partial charge in [-0.2, -0.15) is 13.2 Å². The second-order valence-corrected chi connectivity index (χ2v) is 10.6. The van der Waals surface area contributed by atoms with Gasteiger partial charge >= 0.3 is 18.2 Å². The van der Waals surface area contributed by atoms with Gasteiger partial charge in [0.05, 0.1) is 35.4 Å². The molecule has 0 atom stereocenters. The van der Waals surface area contributed by atoms with E-state index >= 15 is 0 Å². The fourth-order valence-electron chi connectivity index (χ4n) is 4.22. The number of benzene rings is 2. The minimum Gasteiger partial charge on any atom is -0.491 e. The molecule has 5 rings (SSSR count). The maximum Gasteiger partial charge on any atom is 0.490 e. The first-order valence-electron chi connectivity index (χ1n) is 13.8. The molecule has 0 radical (unpaired) electrons. The summed E-state index contributed by atoms with van der Waals surface area (Å²) < 4.78 is 39.7. The Hall–Kier alpha value is -4.50. The summed E-state index contributed by atoms with van der Waals surface area (Å²) in [5, 5.41) is 21.5. The number of halogens is 3. The zero-order valence-corrected chi connectivity index (χ0v) is 24.5. The molecule has 1 aliphatic heterocycles. The minimum absolute atomic E-state index is 0.0480. The summed E-state index contributed by atoms with van der Waals surface area (Å²) in [6.45, 7) is 2.88. The summed E-state index contributed by atoms with van der Waals surface area (Å²) in [4.78, 5) is 27.5. The number of thiazole rings is 1. The molecule has 11 nitrogen and oxygen atoms in total. The molecule has 2 aromatic heterocycles. The molecule has 4 aromatic rings. The zero-order valence-electron chi connectivity index (χ0n) is 23.7. The van der Waals surface area contributed by atoms with Gasteiger partial charge < -0.3 is 25.8 Å². The van der Waals surface area contributed by atoms with Crippen molar-refractivity contribution in [3.8, 4) is 22.0 Å². The molecule has 1 aliphatic rings. The van der Waals surface area contributed by atoms with Crippen LogP contribution < -0.4 is 15.8 Å². The maximum atomic E-state index is 11.9. The molecule has 4 N–H and O–H groups in total. The Morgan fingerprint density at radius 1 is 1.11 bits per heavy atom. The van der Waals surface area contributed by atoms with Crippen LogP contribution in [0, 0.1) is 0 Å². The normalized spacial score (nSPS) is 12.9. The number of nitrogens with two attached hydrogens (primary N) is 1. The van der Waals surface area contributed by atoms with E-state index < -0.39 is 12.1 Å². The lowest BCUT2D eigenvalue weighted by molar-refractivity contribution is -0.192. The highest BCUT2D eigenvalue weighted by molar-refractivity contribution is 7.13. The number of carboxylic acids is 1. The lowest BCUT2D eigenvalue weighted by Crippen LogP contribution is -2.31. The van der Waals surface area contributed by atoms with Crippen molar-refractivity contribution in [3.63, 3.8) is 0 Å². The predicted molar refractivity (Wildman–Crippen MR) is 158 cm³/mol. The van der Waals surface area contributed by atoms with Crippen molar-refractivity contribution < 1.29 is 32.6 Å². The van der Waals surface area contributed by atoms with E-state index in [-0.39, 0.29) is 6.03 Å². The fraction of sp³-hybridized carbons (Fsp3) is 0.345. The number of aromatic nitrogens is 4. The van der Waals surface area contributed by atoms with E-state index in [9.17, 15) is 18.0 Å².